The maximum Gasteiger partial charge on any atom is 0.340 e. The predicted molar refractivity (Wildman–Crippen MR) is 110 cm³/mol. The molecule has 0 aromatic heterocycles. The molecule has 150 valence electrons. The van der Waals surface area contributed by atoms with Gasteiger partial charge in [-0.15, -0.1) is 6.58 Å². The maximum absolute atomic E-state index is 13.4. The quantitative estimate of drug-likeness (QED) is 0.441. The Bertz CT molecular complexity index is 992. The van der Waals surface area contributed by atoms with E-state index in [0.717, 1.165) is 4.31 Å². The van der Waals surface area contributed by atoms with Gasteiger partial charge >= 0.3 is 5.97 Å². The van der Waals surface area contributed by atoms with Crippen LogP contribution < -0.4 is 9.04 Å². The molecule has 0 saturated carbocycles. The number of carbonyl (C=O) groups is 1. The zero-order valence-electron chi connectivity index (χ0n) is 15.3. The lowest BCUT2D eigenvalue weighted by Crippen LogP contribution is -2.33. The number of ether oxygens (including phenoxy) is 2. The van der Waals surface area contributed by atoms with E-state index in [1.807, 2.05) is 0 Å². The largest absolute Gasteiger partial charge is 0.495 e. The first-order valence-electron chi connectivity index (χ1n) is 8.21. The molecule has 0 fully saturated rings. The summed E-state index contributed by atoms with van der Waals surface area (Å²) in [6.45, 7) is 5.33. The molecule has 0 amide bonds. The molecule has 9 heteroatoms. The van der Waals surface area contributed by atoms with Crippen molar-refractivity contribution >= 4 is 44.9 Å². The van der Waals surface area contributed by atoms with Gasteiger partial charge in [0.05, 0.1) is 36.5 Å². The number of halogens is 2. The van der Waals surface area contributed by atoms with Crippen LogP contribution >= 0.6 is 23.2 Å². The van der Waals surface area contributed by atoms with Crippen LogP contribution in [-0.4, -0.2) is 34.6 Å². The van der Waals surface area contributed by atoms with Crippen LogP contribution in [0.15, 0.2) is 53.9 Å². The van der Waals surface area contributed by atoms with E-state index in [1.165, 1.54) is 37.5 Å². The van der Waals surface area contributed by atoms with Gasteiger partial charge in [0.15, 0.2) is 0 Å². The molecule has 0 aliphatic rings. The Kier molecular flexibility index (Phi) is 7.35. The fourth-order valence-electron chi connectivity index (χ4n) is 2.51. The van der Waals surface area contributed by atoms with Gasteiger partial charge < -0.3 is 9.47 Å². The number of nitrogens with zero attached hydrogens (tertiary/aromatic N) is 1. The number of sulfonamides is 1. The normalized spacial score (nSPS) is 11.0. The first kappa shape index (κ1) is 22.1. The standard InChI is InChI=1S/C19H19Cl2NO5S/c1-4-12-22(14-9-7-6-8-13(14)19(23)27-5-2)28(24,25)16-11-10-15(26-3)17(20)18(16)21/h4,6-11H,1,5,12H2,2-3H3. The molecule has 0 unspecified atom stereocenters. The molecule has 2 aromatic carbocycles. The summed E-state index contributed by atoms with van der Waals surface area (Å²) in [7, 11) is -2.79. The number of carbonyl (C=O) groups excluding carboxylic acids is 1. The highest BCUT2D eigenvalue weighted by Gasteiger charge is 2.31. The number of esters is 1. The van der Waals surface area contributed by atoms with Crippen molar-refractivity contribution in [3.8, 4) is 5.75 Å². The zero-order valence-corrected chi connectivity index (χ0v) is 17.6. The number of rotatable bonds is 8. The van der Waals surface area contributed by atoms with Crippen LogP contribution in [0.1, 0.15) is 17.3 Å². The maximum atomic E-state index is 13.4. The minimum Gasteiger partial charge on any atom is -0.495 e. The van der Waals surface area contributed by atoms with Gasteiger partial charge in [0.2, 0.25) is 0 Å². The van der Waals surface area contributed by atoms with E-state index in [0.29, 0.717) is 0 Å². The third-order valence-electron chi connectivity index (χ3n) is 3.76. The summed E-state index contributed by atoms with van der Waals surface area (Å²) in [6, 6.07) is 8.93. The molecule has 0 atom stereocenters. The van der Waals surface area contributed by atoms with E-state index in [2.05, 4.69) is 6.58 Å². The second-order valence-corrected chi connectivity index (χ2v) is 8.04. The summed E-state index contributed by atoms with van der Waals surface area (Å²) in [5.74, 6) is -0.394. The lowest BCUT2D eigenvalue weighted by molar-refractivity contribution is 0.0527. The lowest BCUT2D eigenvalue weighted by atomic mass is 10.2. The van der Waals surface area contributed by atoms with E-state index < -0.39 is 16.0 Å². The highest BCUT2D eigenvalue weighted by Crippen LogP contribution is 2.39. The van der Waals surface area contributed by atoms with Crippen LogP contribution in [0.5, 0.6) is 5.75 Å². The van der Waals surface area contributed by atoms with E-state index in [-0.39, 0.29) is 45.1 Å². The summed E-state index contributed by atoms with van der Waals surface area (Å²) in [6.07, 6.45) is 1.40. The van der Waals surface area contributed by atoms with Crippen LogP contribution in [0.25, 0.3) is 0 Å². The van der Waals surface area contributed by atoms with Gasteiger partial charge in [-0.3, -0.25) is 4.31 Å². The van der Waals surface area contributed by atoms with Gasteiger partial charge in [-0.2, -0.15) is 0 Å². The van der Waals surface area contributed by atoms with Crippen LogP contribution in [0.4, 0.5) is 5.69 Å². The molecule has 6 nitrogen and oxygen atoms in total. The van der Waals surface area contributed by atoms with Gasteiger partial charge in [-0.25, -0.2) is 13.2 Å². The summed E-state index contributed by atoms with van der Waals surface area (Å²) >= 11 is 12.3. The number of para-hydroxylation sites is 1. The van der Waals surface area contributed by atoms with Crippen molar-refractivity contribution in [2.24, 2.45) is 0 Å². The first-order valence-corrected chi connectivity index (χ1v) is 10.4. The van der Waals surface area contributed by atoms with Crippen LogP contribution in [-0.2, 0) is 14.8 Å². The molecule has 0 N–H and O–H groups in total. The molecule has 0 radical (unpaired) electrons. The van der Waals surface area contributed by atoms with Crippen LogP contribution in [0.3, 0.4) is 0 Å². The van der Waals surface area contributed by atoms with E-state index >= 15 is 0 Å². The molecular formula is C19H19Cl2NO5S. The fraction of sp³-hybridized carbons (Fsp3) is 0.211. The minimum absolute atomic E-state index is 0.0255. The highest BCUT2D eigenvalue weighted by atomic mass is 35.5. The Morgan fingerprint density at radius 2 is 1.86 bits per heavy atom. The fourth-order valence-corrected chi connectivity index (χ4v) is 4.78. The monoisotopic (exact) mass is 443 g/mol. The van der Waals surface area contributed by atoms with Crippen molar-refractivity contribution in [1.82, 2.24) is 0 Å². The van der Waals surface area contributed by atoms with Gasteiger partial charge in [-0.1, -0.05) is 41.4 Å². The van der Waals surface area contributed by atoms with Crippen molar-refractivity contribution in [3.63, 3.8) is 0 Å². The number of benzene rings is 2. The number of hydrogen-bond acceptors (Lipinski definition) is 5. The molecule has 2 rings (SSSR count). The lowest BCUT2D eigenvalue weighted by Gasteiger charge is -2.25. The number of anilines is 1. The van der Waals surface area contributed by atoms with Crippen molar-refractivity contribution in [3.05, 3.63) is 64.7 Å². The van der Waals surface area contributed by atoms with Crippen molar-refractivity contribution < 1.29 is 22.7 Å². The van der Waals surface area contributed by atoms with Crippen LogP contribution in [0, 0.1) is 0 Å². The van der Waals surface area contributed by atoms with E-state index in [4.69, 9.17) is 32.7 Å². The Labute approximate surface area is 174 Å². The van der Waals surface area contributed by atoms with Gasteiger partial charge in [-0.05, 0) is 31.2 Å². The molecule has 2 aromatic rings. The zero-order chi connectivity index (χ0) is 20.9. The smallest absolute Gasteiger partial charge is 0.340 e. The average Bonchev–Trinajstić information content (AvgIpc) is 2.68. The summed E-state index contributed by atoms with van der Waals surface area (Å²) < 4.78 is 37.9. The third-order valence-corrected chi connectivity index (χ3v) is 6.56. The molecule has 0 heterocycles. The molecule has 0 aliphatic heterocycles. The topological polar surface area (TPSA) is 72.9 Å². The Balaban J connectivity index is 2.67. The van der Waals surface area contributed by atoms with Crippen molar-refractivity contribution in [1.29, 1.82) is 0 Å². The van der Waals surface area contributed by atoms with Crippen molar-refractivity contribution in [2.45, 2.75) is 11.8 Å². The molecule has 0 saturated heterocycles. The van der Waals surface area contributed by atoms with Crippen LogP contribution in [0.2, 0.25) is 10.0 Å². The molecule has 0 aliphatic carbocycles. The summed E-state index contributed by atoms with van der Waals surface area (Å²) in [4.78, 5) is 12.1. The third kappa shape index (κ3) is 4.27. The van der Waals surface area contributed by atoms with Gasteiger partial charge in [0, 0.05) is 0 Å². The Morgan fingerprint density at radius 3 is 2.46 bits per heavy atom. The Hall–Kier alpha value is -2.22. The van der Waals surface area contributed by atoms with E-state index in [1.54, 1.807) is 19.1 Å². The highest BCUT2D eigenvalue weighted by molar-refractivity contribution is 7.93. The van der Waals surface area contributed by atoms with Gasteiger partial charge in [0.25, 0.3) is 10.0 Å². The Morgan fingerprint density at radius 1 is 1.18 bits per heavy atom. The van der Waals surface area contributed by atoms with Crippen molar-refractivity contribution in [2.75, 3.05) is 24.6 Å². The summed E-state index contributed by atoms with van der Waals surface area (Å²) in [5.41, 5.74) is 0.245. The number of methoxy groups -OCH3 is 1. The number of hydrogen-bond donors (Lipinski definition) is 0. The molecule has 28 heavy (non-hydrogen) atoms. The second-order valence-electron chi connectivity index (χ2n) is 5.46. The molecule has 0 bridgehead atoms. The predicted octanol–water partition coefficient (Wildman–Crippen LogP) is 4.56. The minimum atomic E-state index is -4.18. The van der Waals surface area contributed by atoms with Gasteiger partial charge in [0.1, 0.15) is 15.7 Å². The first-order chi connectivity index (χ1) is 13.3. The van der Waals surface area contributed by atoms with E-state index in [9.17, 15) is 13.2 Å². The SMILES string of the molecule is C=CCN(c1ccccc1C(=O)OCC)S(=O)(=O)c1ccc(OC)c(Cl)c1Cl. The molecular weight excluding hydrogens is 425 g/mol. The average molecular weight is 444 g/mol. The second kappa shape index (κ2) is 9.32. The summed E-state index contributed by atoms with van der Waals surface area (Å²) in [5, 5.41) is -0.203. The molecule has 0 spiro atoms.